The van der Waals surface area contributed by atoms with Gasteiger partial charge >= 0.3 is 0 Å². The van der Waals surface area contributed by atoms with Gasteiger partial charge in [0.2, 0.25) is 5.43 Å². The molecule has 0 aliphatic heterocycles. The number of fused-ring (bicyclic) bond motifs is 1. The fourth-order valence-electron chi connectivity index (χ4n) is 2.01. The Morgan fingerprint density at radius 3 is 2.63 bits per heavy atom. The average Bonchev–Trinajstić information content (AvgIpc) is 2.36. The van der Waals surface area contributed by atoms with E-state index >= 15 is 0 Å². The van der Waals surface area contributed by atoms with Gasteiger partial charge in [0, 0.05) is 12.0 Å². The lowest BCUT2D eigenvalue weighted by atomic mass is 10.1. The molecule has 0 radical (unpaired) electrons. The molecule has 4 heteroatoms. The molecule has 0 saturated carbocycles. The minimum atomic E-state index is -0.0303. The first-order valence-electron chi connectivity index (χ1n) is 6.37. The fraction of sp³-hybridized carbons (Fsp3) is 0.400. The van der Waals surface area contributed by atoms with Crippen LogP contribution in [-0.4, -0.2) is 6.10 Å². The minimum absolute atomic E-state index is 0.0303. The number of halogens is 1. The van der Waals surface area contributed by atoms with Gasteiger partial charge in [0.1, 0.15) is 21.6 Å². The van der Waals surface area contributed by atoms with Crippen molar-refractivity contribution in [1.82, 2.24) is 0 Å². The second kappa shape index (κ2) is 5.37. The molecule has 0 atom stereocenters. The summed E-state index contributed by atoms with van der Waals surface area (Å²) in [5.41, 5.74) is 1.45. The van der Waals surface area contributed by atoms with Crippen LogP contribution >= 0.6 is 15.9 Å². The van der Waals surface area contributed by atoms with E-state index in [9.17, 15) is 4.79 Å². The first kappa shape index (κ1) is 14.1. The maximum absolute atomic E-state index is 12.2. The first-order chi connectivity index (χ1) is 8.95. The van der Waals surface area contributed by atoms with Crippen molar-refractivity contribution in [3.63, 3.8) is 0 Å². The first-order valence-corrected chi connectivity index (χ1v) is 7.16. The third kappa shape index (κ3) is 2.54. The van der Waals surface area contributed by atoms with Gasteiger partial charge in [-0.3, -0.25) is 4.79 Å². The molecule has 0 aliphatic rings. The Labute approximate surface area is 120 Å². The summed E-state index contributed by atoms with van der Waals surface area (Å²) in [6.45, 7) is 7.81. The second-order valence-corrected chi connectivity index (χ2v) is 5.55. The van der Waals surface area contributed by atoms with Gasteiger partial charge in [-0.2, -0.15) is 0 Å². The van der Waals surface area contributed by atoms with Gasteiger partial charge in [-0.05, 0) is 48.8 Å². The molecule has 1 aromatic heterocycles. The molecule has 0 N–H and O–H groups in total. The molecule has 0 unspecified atom stereocenters. The molecule has 3 nitrogen and oxygen atoms in total. The highest BCUT2D eigenvalue weighted by Gasteiger charge is 2.15. The SMILES string of the molecule is CCc1oc2c(C)c(OC(C)C)ccc2c(=O)c1Br. The Morgan fingerprint density at radius 2 is 2.05 bits per heavy atom. The molecule has 0 amide bonds. The summed E-state index contributed by atoms with van der Waals surface area (Å²) < 4.78 is 12.1. The normalized spacial score (nSPS) is 11.3. The largest absolute Gasteiger partial charge is 0.491 e. The van der Waals surface area contributed by atoms with Crippen LogP contribution in [0.25, 0.3) is 11.0 Å². The quantitative estimate of drug-likeness (QED) is 0.848. The van der Waals surface area contributed by atoms with Crippen molar-refractivity contribution in [2.75, 3.05) is 0 Å². The van der Waals surface area contributed by atoms with E-state index in [0.717, 1.165) is 11.3 Å². The number of benzene rings is 1. The van der Waals surface area contributed by atoms with E-state index in [1.54, 1.807) is 6.07 Å². The minimum Gasteiger partial charge on any atom is -0.491 e. The van der Waals surface area contributed by atoms with Gasteiger partial charge in [0.05, 0.1) is 11.5 Å². The summed E-state index contributed by atoms with van der Waals surface area (Å²) in [7, 11) is 0. The lowest BCUT2D eigenvalue weighted by Crippen LogP contribution is -2.09. The van der Waals surface area contributed by atoms with Crippen LogP contribution in [0.4, 0.5) is 0 Å². The zero-order valence-electron chi connectivity index (χ0n) is 11.5. The summed E-state index contributed by atoms with van der Waals surface area (Å²) >= 11 is 3.31. The maximum atomic E-state index is 12.2. The fourth-order valence-corrected chi connectivity index (χ4v) is 2.58. The maximum Gasteiger partial charge on any atom is 0.207 e. The van der Waals surface area contributed by atoms with E-state index in [2.05, 4.69) is 15.9 Å². The molecule has 0 spiro atoms. The lowest BCUT2D eigenvalue weighted by molar-refractivity contribution is 0.241. The van der Waals surface area contributed by atoms with Crippen LogP contribution in [0.2, 0.25) is 0 Å². The Hall–Kier alpha value is -1.29. The second-order valence-electron chi connectivity index (χ2n) is 4.75. The molecule has 0 fully saturated rings. The van der Waals surface area contributed by atoms with Gasteiger partial charge in [-0.15, -0.1) is 0 Å². The zero-order valence-corrected chi connectivity index (χ0v) is 13.1. The Morgan fingerprint density at radius 1 is 1.37 bits per heavy atom. The van der Waals surface area contributed by atoms with Crippen molar-refractivity contribution in [2.45, 2.75) is 40.2 Å². The van der Waals surface area contributed by atoms with Gasteiger partial charge < -0.3 is 9.15 Å². The monoisotopic (exact) mass is 324 g/mol. The molecular formula is C15H17BrO3. The zero-order chi connectivity index (χ0) is 14.2. The molecular weight excluding hydrogens is 308 g/mol. The molecule has 1 heterocycles. The molecule has 1 aromatic carbocycles. The Kier molecular flexibility index (Phi) is 3.99. The molecule has 2 rings (SSSR count). The molecule has 2 aromatic rings. The van der Waals surface area contributed by atoms with Crippen molar-refractivity contribution in [3.05, 3.63) is 38.2 Å². The predicted octanol–water partition coefficient (Wildman–Crippen LogP) is 4.21. The van der Waals surface area contributed by atoms with Crippen LogP contribution in [0.15, 0.2) is 25.8 Å². The molecule has 19 heavy (non-hydrogen) atoms. The molecule has 0 aliphatic carbocycles. The summed E-state index contributed by atoms with van der Waals surface area (Å²) in [4.78, 5) is 12.2. The average molecular weight is 325 g/mol. The van der Waals surface area contributed by atoms with E-state index in [1.165, 1.54) is 0 Å². The van der Waals surface area contributed by atoms with Gasteiger partial charge in [-0.1, -0.05) is 6.92 Å². The summed E-state index contributed by atoms with van der Waals surface area (Å²) in [5, 5.41) is 0.581. The van der Waals surface area contributed by atoms with Crippen LogP contribution in [0, 0.1) is 6.92 Å². The third-order valence-corrected chi connectivity index (χ3v) is 3.76. The van der Waals surface area contributed by atoms with Crippen molar-refractivity contribution >= 4 is 26.9 Å². The highest BCUT2D eigenvalue weighted by atomic mass is 79.9. The summed E-state index contributed by atoms with van der Waals surface area (Å²) in [6.07, 6.45) is 0.754. The lowest BCUT2D eigenvalue weighted by Gasteiger charge is -2.14. The van der Waals surface area contributed by atoms with Crippen molar-refractivity contribution in [3.8, 4) is 5.75 Å². The third-order valence-electron chi connectivity index (χ3n) is 2.95. The Balaban J connectivity index is 2.75. The van der Waals surface area contributed by atoms with E-state index in [0.29, 0.717) is 27.6 Å². The standard InChI is InChI=1S/C15H17BrO3/c1-5-11-13(16)14(17)10-6-7-12(18-8(2)3)9(4)15(10)19-11/h6-8H,5H2,1-4H3. The molecule has 0 saturated heterocycles. The van der Waals surface area contributed by atoms with Gasteiger partial charge in [0.25, 0.3) is 0 Å². The van der Waals surface area contributed by atoms with Crippen LogP contribution in [0.1, 0.15) is 32.1 Å². The Bertz CT molecular complexity index is 671. The van der Waals surface area contributed by atoms with Crippen LogP contribution in [0.3, 0.4) is 0 Å². The van der Waals surface area contributed by atoms with Gasteiger partial charge in [-0.25, -0.2) is 0 Å². The summed E-state index contributed by atoms with van der Waals surface area (Å²) in [6, 6.07) is 3.59. The number of hydrogen-bond acceptors (Lipinski definition) is 3. The number of hydrogen-bond donors (Lipinski definition) is 0. The van der Waals surface area contributed by atoms with E-state index in [4.69, 9.17) is 9.15 Å². The van der Waals surface area contributed by atoms with E-state index < -0.39 is 0 Å². The highest BCUT2D eigenvalue weighted by molar-refractivity contribution is 9.10. The summed E-state index contributed by atoms with van der Waals surface area (Å²) in [5.74, 6) is 1.43. The topological polar surface area (TPSA) is 39.4 Å². The number of rotatable bonds is 3. The smallest absolute Gasteiger partial charge is 0.207 e. The van der Waals surface area contributed by atoms with Crippen LogP contribution < -0.4 is 10.2 Å². The predicted molar refractivity (Wildman–Crippen MR) is 80.1 cm³/mol. The van der Waals surface area contributed by atoms with E-state index in [1.807, 2.05) is 33.8 Å². The van der Waals surface area contributed by atoms with Gasteiger partial charge in [0.15, 0.2) is 0 Å². The van der Waals surface area contributed by atoms with Crippen molar-refractivity contribution in [1.29, 1.82) is 0 Å². The molecule has 102 valence electrons. The number of aryl methyl sites for hydroxylation is 2. The van der Waals surface area contributed by atoms with Crippen LogP contribution in [0.5, 0.6) is 5.75 Å². The van der Waals surface area contributed by atoms with Crippen molar-refractivity contribution < 1.29 is 9.15 Å². The van der Waals surface area contributed by atoms with E-state index in [-0.39, 0.29) is 11.5 Å². The van der Waals surface area contributed by atoms with Crippen molar-refractivity contribution in [2.24, 2.45) is 0 Å². The highest BCUT2D eigenvalue weighted by Crippen LogP contribution is 2.29. The van der Waals surface area contributed by atoms with Crippen LogP contribution in [-0.2, 0) is 6.42 Å². The number of ether oxygens (including phenoxy) is 1. The molecule has 0 bridgehead atoms.